The van der Waals surface area contributed by atoms with Gasteiger partial charge in [0.25, 0.3) is 17.7 Å². The fourth-order valence-corrected chi connectivity index (χ4v) is 7.57. The Bertz CT molecular complexity index is 2190. The lowest BCUT2D eigenvalue weighted by Crippen LogP contribution is -2.48. The highest BCUT2D eigenvalue weighted by atomic mass is 32.1. The predicted octanol–water partition coefficient (Wildman–Crippen LogP) is 2.96. The van der Waals surface area contributed by atoms with E-state index in [-0.39, 0.29) is 35.2 Å². The molecule has 5 aromatic rings. The molecular weight excluding hydrogens is 769 g/mol. The number of rotatable bonds is 11. The minimum Gasteiger partial charge on any atom is -0.364 e. The van der Waals surface area contributed by atoms with Crippen LogP contribution in [0.4, 0.5) is 39.1 Å². The zero-order valence-corrected chi connectivity index (χ0v) is 33.7. The van der Waals surface area contributed by atoms with Gasteiger partial charge in [0.15, 0.2) is 23.0 Å². The van der Waals surface area contributed by atoms with E-state index in [9.17, 15) is 14.4 Å². The number of carbonyl (C=O) groups is 3. The maximum atomic E-state index is 12.7. The maximum Gasteiger partial charge on any atom is 0.271 e. The Balaban J connectivity index is 0.000000208. The van der Waals surface area contributed by atoms with E-state index in [1.807, 2.05) is 55.9 Å². The molecule has 19 nitrogen and oxygen atoms in total. The number of amides is 3. The van der Waals surface area contributed by atoms with Crippen LogP contribution < -0.4 is 47.9 Å². The Morgan fingerprint density at radius 2 is 1.32 bits per heavy atom. The predicted molar refractivity (Wildman–Crippen MR) is 222 cm³/mol. The summed E-state index contributed by atoms with van der Waals surface area (Å²) in [6, 6.07) is 7.38. The van der Waals surface area contributed by atoms with Crippen molar-refractivity contribution in [3.8, 4) is 0 Å². The highest BCUT2D eigenvalue weighted by molar-refractivity contribution is 7.10. The SMILES string of the molecule is Cc1cc(Nc2nc(N3CCC[C@@H](N)C3)cnc2C(N)=O)sn1.Cc1cc(Nc2nc(N3CCC[C@@H](NC(=O)c4ccc(N(C)C)nc4)C3)cnc2C(N)=O)sn1. The van der Waals surface area contributed by atoms with Gasteiger partial charge >= 0.3 is 0 Å². The fourth-order valence-electron chi connectivity index (χ4n) is 6.25. The van der Waals surface area contributed by atoms with Crippen LogP contribution >= 0.6 is 23.1 Å². The summed E-state index contributed by atoms with van der Waals surface area (Å²) in [5.74, 6) is 1.26. The second-order valence-electron chi connectivity index (χ2n) is 13.9. The molecule has 0 spiro atoms. The molecule has 7 heterocycles. The van der Waals surface area contributed by atoms with Gasteiger partial charge in [-0.3, -0.25) is 14.4 Å². The Hall–Kier alpha value is -6.06. The van der Waals surface area contributed by atoms with Gasteiger partial charge in [-0.15, -0.1) is 0 Å². The van der Waals surface area contributed by atoms with Gasteiger partial charge in [-0.05, 0) is 86.9 Å². The third kappa shape index (κ3) is 10.6. The number of aromatic nitrogens is 7. The highest BCUT2D eigenvalue weighted by Gasteiger charge is 2.25. The molecule has 300 valence electrons. The Kier molecular flexibility index (Phi) is 13.0. The van der Waals surface area contributed by atoms with E-state index in [4.69, 9.17) is 17.2 Å². The smallest absolute Gasteiger partial charge is 0.271 e. The van der Waals surface area contributed by atoms with Crippen LogP contribution in [-0.2, 0) is 0 Å². The summed E-state index contributed by atoms with van der Waals surface area (Å²) < 4.78 is 8.43. The minimum atomic E-state index is -0.666. The number of anilines is 7. The lowest BCUT2D eigenvalue weighted by Gasteiger charge is -2.34. The fraction of sp³-hybridized carbons (Fsp3) is 0.389. The molecule has 0 saturated carbocycles. The average Bonchev–Trinajstić information content (AvgIpc) is 3.80. The van der Waals surface area contributed by atoms with E-state index in [0.717, 1.165) is 72.5 Å². The van der Waals surface area contributed by atoms with Crippen LogP contribution in [0.5, 0.6) is 0 Å². The summed E-state index contributed by atoms with van der Waals surface area (Å²) in [6.07, 6.45) is 8.44. The highest BCUT2D eigenvalue weighted by Crippen LogP contribution is 2.27. The van der Waals surface area contributed by atoms with E-state index in [0.29, 0.717) is 29.6 Å². The first-order valence-corrected chi connectivity index (χ1v) is 19.8. The van der Waals surface area contributed by atoms with Gasteiger partial charge < -0.3 is 47.9 Å². The van der Waals surface area contributed by atoms with Crippen LogP contribution in [0.15, 0.2) is 42.9 Å². The van der Waals surface area contributed by atoms with Gasteiger partial charge in [-0.25, -0.2) is 24.9 Å². The number of primary amides is 2. The van der Waals surface area contributed by atoms with Crippen molar-refractivity contribution >= 4 is 79.9 Å². The van der Waals surface area contributed by atoms with Gasteiger partial charge in [0, 0.05) is 58.6 Å². The summed E-state index contributed by atoms with van der Waals surface area (Å²) >= 11 is 2.56. The summed E-state index contributed by atoms with van der Waals surface area (Å²) in [6.45, 7) is 6.70. The summed E-state index contributed by atoms with van der Waals surface area (Å²) in [4.78, 5) is 64.1. The van der Waals surface area contributed by atoms with E-state index in [1.165, 1.54) is 29.3 Å². The van der Waals surface area contributed by atoms with Crippen LogP contribution in [0, 0.1) is 13.8 Å². The number of nitrogens with two attached hydrogens (primary N) is 3. The van der Waals surface area contributed by atoms with Crippen LogP contribution in [0.25, 0.3) is 0 Å². The molecule has 0 aliphatic carbocycles. The van der Waals surface area contributed by atoms with Gasteiger partial charge in [-0.1, -0.05) is 0 Å². The standard InChI is InChI=1S/C22H27N9O2S.C14H19N7OS/c1-13-9-18(34-29-13)28-21-19(20(23)32)25-11-17(27-21)31-8-4-5-15(12-31)26-22(33)14-6-7-16(24-10-14)30(2)3;1-8-5-11(23-20-8)19-14-12(13(16)22)17-6-10(18-14)21-4-2-3-9(15)7-21/h6-7,9-11,15H,4-5,8,12H2,1-3H3,(H2,23,32)(H,26,33)(H,27,28);5-6,9H,2-4,7,15H2,1H3,(H2,16,22)(H,18,19)/t15-;9-/m11/s1. The molecule has 21 heteroatoms. The molecular formula is C36H46N16O3S2. The molecule has 5 aromatic heterocycles. The van der Waals surface area contributed by atoms with Crippen molar-refractivity contribution in [3.05, 3.63) is 71.2 Å². The molecule has 0 radical (unpaired) electrons. The van der Waals surface area contributed by atoms with Crippen molar-refractivity contribution in [2.24, 2.45) is 17.2 Å². The Morgan fingerprint density at radius 1 is 0.772 bits per heavy atom. The molecule has 2 fully saturated rings. The zero-order chi connectivity index (χ0) is 40.6. The van der Waals surface area contributed by atoms with E-state index in [2.05, 4.69) is 54.5 Å². The summed E-state index contributed by atoms with van der Waals surface area (Å²) in [5.41, 5.74) is 19.4. The van der Waals surface area contributed by atoms with E-state index < -0.39 is 11.8 Å². The molecule has 2 aliphatic rings. The number of aryl methyl sites for hydroxylation is 2. The van der Waals surface area contributed by atoms with Crippen LogP contribution in [0.1, 0.15) is 68.4 Å². The molecule has 7 rings (SSSR count). The van der Waals surface area contributed by atoms with Crippen molar-refractivity contribution in [1.29, 1.82) is 0 Å². The summed E-state index contributed by atoms with van der Waals surface area (Å²) in [7, 11) is 3.80. The largest absolute Gasteiger partial charge is 0.364 e. The van der Waals surface area contributed by atoms with E-state index in [1.54, 1.807) is 18.5 Å². The minimum absolute atomic E-state index is 0.0605. The molecule has 0 bridgehead atoms. The third-order valence-corrected chi connectivity index (χ3v) is 10.6. The first-order valence-electron chi connectivity index (χ1n) is 18.3. The third-order valence-electron chi connectivity index (χ3n) is 9.06. The quantitative estimate of drug-likeness (QED) is 0.112. The number of carbonyl (C=O) groups excluding carboxylic acids is 3. The molecule has 0 unspecified atom stereocenters. The van der Waals surface area contributed by atoms with Gasteiger partial charge in [-0.2, -0.15) is 8.75 Å². The van der Waals surface area contributed by atoms with Crippen molar-refractivity contribution < 1.29 is 14.4 Å². The lowest BCUT2D eigenvalue weighted by molar-refractivity contribution is 0.0930. The second-order valence-corrected chi connectivity index (χ2v) is 15.5. The normalized spacial score (nSPS) is 16.6. The Morgan fingerprint density at radius 3 is 1.77 bits per heavy atom. The lowest BCUT2D eigenvalue weighted by atomic mass is 10.1. The molecule has 2 saturated heterocycles. The first-order chi connectivity index (χ1) is 27.3. The topological polar surface area (TPSA) is 265 Å². The molecule has 2 aliphatic heterocycles. The van der Waals surface area contributed by atoms with Crippen molar-refractivity contribution in [3.63, 3.8) is 0 Å². The Labute approximate surface area is 337 Å². The van der Waals surface area contributed by atoms with Crippen LogP contribution in [-0.4, -0.2) is 104 Å². The number of hydrogen-bond donors (Lipinski definition) is 6. The van der Waals surface area contributed by atoms with Crippen molar-refractivity contribution in [2.75, 3.05) is 65.6 Å². The molecule has 2 atom stereocenters. The van der Waals surface area contributed by atoms with Gasteiger partial charge in [0.1, 0.15) is 27.5 Å². The van der Waals surface area contributed by atoms with Crippen molar-refractivity contribution in [1.82, 2.24) is 39.0 Å². The number of piperidine rings is 2. The van der Waals surface area contributed by atoms with Gasteiger partial charge in [0.2, 0.25) is 0 Å². The molecule has 57 heavy (non-hydrogen) atoms. The molecule has 3 amide bonds. The number of nitrogens with one attached hydrogen (secondary N) is 3. The summed E-state index contributed by atoms with van der Waals surface area (Å²) in [5, 5.41) is 10.8. The monoisotopic (exact) mass is 814 g/mol. The van der Waals surface area contributed by atoms with Crippen molar-refractivity contribution in [2.45, 2.75) is 51.6 Å². The average molecular weight is 815 g/mol. The first kappa shape index (κ1) is 40.6. The maximum absolute atomic E-state index is 12.7. The molecule has 9 N–H and O–H groups in total. The second kappa shape index (κ2) is 18.3. The molecule has 0 aromatic carbocycles. The van der Waals surface area contributed by atoms with Crippen LogP contribution in [0.2, 0.25) is 0 Å². The van der Waals surface area contributed by atoms with E-state index >= 15 is 0 Å². The van der Waals surface area contributed by atoms with Crippen LogP contribution in [0.3, 0.4) is 0 Å². The zero-order valence-electron chi connectivity index (χ0n) is 32.1. The van der Waals surface area contributed by atoms with Gasteiger partial charge in [0.05, 0.1) is 29.3 Å². The number of nitrogens with zero attached hydrogens (tertiary/aromatic N) is 10. The number of hydrogen-bond acceptors (Lipinski definition) is 18. The number of pyridine rings is 1.